The first-order valence-corrected chi connectivity index (χ1v) is 9.70. The molecule has 0 spiro atoms. The molecule has 1 unspecified atom stereocenters. The van der Waals surface area contributed by atoms with Crippen molar-refractivity contribution in [1.29, 1.82) is 0 Å². The monoisotopic (exact) mass is 464 g/mol. The molecule has 7 nitrogen and oxygen atoms in total. The standard InChI is InChI=1S/C20H14Cl2N2O5S/c1-10(19(27)28)29-12-7-5-11(6-8-12)9-13-17(25)23-20(30)24(18(13)26)15-4-2-3-14(21)16(15)22/h2-10H,1H3,(H,27,28)(H,23,25,30)/b13-9+. The van der Waals surface area contributed by atoms with Gasteiger partial charge in [0.2, 0.25) is 0 Å². The zero-order valence-electron chi connectivity index (χ0n) is 15.4. The van der Waals surface area contributed by atoms with Crippen molar-refractivity contribution in [1.82, 2.24) is 5.32 Å². The zero-order valence-corrected chi connectivity index (χ0v) is 17.7. The van der Waals surface area contributed by atoms with Crippen LogP contribution in [0.5, 0.6) is 5.75 Å². The van der Waals surface area contributed by atoms with Crippen LogP contribution < -0.4 is 15.0 Å². The second-order valence-electron chi connectivity index (χ2n) is 6.20. The van der Waals surface area contributed by atoms with Crippen molar-refractivity contribution in [2.45, 2.75) is 13.0 Å². The molecule has 1 atom stereocenters. The van der Waals surface area contributed by atoms with Gasteiger partial charge in [0.25, 0.3) is 11.8 Å². The van der Waals surface area contributed by atoms with Gasteiger partial charge in [-0.2, -0.15) is 0 Å². The molecule has 1 fully saturated rings. The third kappa shape index (κ3) is 4.46. The van der Waals surface area contributed by atoms with E-state index in [-0.39, 0.29) is 26.4 Å². The van der Waals surface area contributed by atoms with Crippen LogP contribution in [0.4, 0.5) is 5.69 Å². The number of halogens is 2. The second-order valence-corrected chi connectivity index (χ2v) is 7.37. The van der Waals surface area contributed by atoms with E-state index >= 15 is 0 Å². The average molecular weight is 465 g/mol. The Morgan fingerprint density at radius 3 is 2.50 bits per heavy atom. The summed E-state index contributed by atoms with van der Waals surface area (Å²) in [5, 5.41) is 11.6. The summed E-state index contributed by atoms with van der Waals surface area (Å²) in [6.07, 6.45) is 0.367. The van der Waals surface area contributed by atoms with E-state index in [1.165, 1.54) is 25.1 Å². The molecular formula is C20H14Cl2N2O5S. The number of rotatable bonds is 5. The Balaban J connectivity index is 1.91. The normalized spacial score (nSPS) is 16.4. The molecule has 30 heavy (non-hydrogen) atoms. The molecule has 2 aromatic carbocycles. The minimum Gasteiger partial charge on any atom is -0.479 e. The van der Waals surface area contributed by atoms with Crippen LogP contribution in [-0.4, -0.2) is 34.1 Å². The third-order valence-corrected chi connectivity index (χ3v) is 5.22. The number of carbonyl (C=O) groups is 3. The van der Waals surface area contributed by atoms with E-state index in [1.54, 1.807) is 30.3 Å². The number of carboxylic acid groups (broad SMARTS) is 1. The highest BCUT2D eigenvalue weighted by Crippen LogP contribution is 2.34. The maximum Gasteiger partial charge on any atom is 0.344 e. The van der Waals surface area contributed by atoms with Crippen molar-refractivity contribution in [3.63, 3.8) is 0 Å². The number of carbonyl (C=O) groups excluding carboxylic acids is 2. The number of aliphatic carboxylic acids is 1. The lowest BCUT2D eigenvalue weighted by Gasteiger charge is -2.29. The lowest BCUT2D eigenvalue weighted by Crippen LogP contribution is -2.54. The summed E-state index contributed by atoms with van der Waals surface area (Å²) < 4.78 is 5.26. The van der Waals surface area contributed by atoms with Gasteiger partial charge in [-0.25, -0.2) is 4.79 Å². The molecule has 2 aromatic rings. The summed E-state index contributed by atoms with van der Waals surface area (Å²) in [5.41, 5.74) is 0.609. The quantitative estimate of drug-likeness (QED) is 0.398. The van der Waals surface area contributed by atoms with E-state index in [4.69, 9.17) is 45.3 Å². The summed E-state index contributed by atoms with van der Waals surface area (Å²) >= 11 is 17.4. The van der Waals surface area contributed by atoms with E-state index in [0.29, 0.717) is 11.3 Å². The van der Waals surface area contributed by atoms with Crippen molar-refractivity contribution in [2.24, 2.45) is 0 Å². The first-order valence-electron chi connectivity index (χ1n) is 8.54. The number of thiocarbonyl (C=S) groups is 1. The van der Waals surface area contributed by atoms with Gasteiger partial charge >= 0.3 is 5.97 Å². The maximum atomic E-state index is 13.0. The molecule has 2 N–H and O–H groups in total. The van der Waals surface area contributed by atoms with Crippen molar-refractivity contribution >= 4 is 70.1 Å². The van der Waals surface area contributed by atoms with Gasteiger partial charge in [0.1, 0.15) is 11.3 Å². The first kappa shape index (κ1) is 21.8. The Kier molecular flexibility index (Phi) is 6.40. The smallest absolute Gasteiger partial charge is 0.344 e. The van der Waals surface area contributed by atoms with Crippen molar-refractivity contribution in [3.05, 3.63) is 63.6 Å². The predicted molar refractivity (Wildman–Crippen MR) is 117 cm³/mol. The Bertz CT molecular complexity index is 1090. The molecule has 1 saturated heterocycles. The fourth-order valence-electron chi connectivity index (χ4n) is 2.61. The molecule has 1 heterocycles. The molecule has 0 aromatic heterocycles. The van der Waals surface area contributed by atoms with Crippen molar-refractivity contribution in [2.75, 3.05) is 4.90 Å². The number of hydrogen-bond donors (Lipinski definition) is 2. The highest BCUT2D eigenvalue weighted by atomic mass is 35.5. The largest absolute Gasteiger partial charge is 0.479 e. The van der Waals surface area contributed by atoms with Crippen LogP contribution in [0, 0.1) is 0 Å². The molecular weight excluding hydrogens is 451 g/mol. The summed E-state index contributed by atoms with van der Waals surface area (Å²) in [7, 11) is 0. The second kappa shape index (κ2) is 8.83. The Morgan fingerprint density at radius 1 is 1.20 bits per heavy atom. The third-order valence-electron chi connectivity index (χ3n) is 4.13. The lowest BCUT2D eigenvalue weighted by molar-refractivity contribution is -0.144. The minimum atomic E-state index is -1.10. The highest BCUT2D eigenvalue weighted by molar-refractivity contribution is 7.80. The number of nitrogens with one attached hydrogen (secondary N) is 1. The molecule has 154 valence electrons. The van der Waals surface area contributed by atoms with Gasteiger partial charge in [-0.05, 0) is 55.0 Å². The van der Waals surface area contributed by atoms with E-state index in [9.17, 15) is 14.4 Å². The SMILES string of the molecule is CC(Oc1ccc(/C=C2\C(=O)NC(=S)N(c3cccc(Cl)c3Cl)C2=O)cc1)C(=O)O. The average Bonchev–Trinajstić information content (AvgIpc) is 2.69. The molecule has 0 bridgehead atoms. The van der Waals surface area contributed by atoms with Crippen LogP contribution in [0.1, 0.15) is 12.5 Å². The molecule has 3 rings (SSSR count). The Labute approximate surface area is 186 Å². The Morgan fingerprint density at radius 2 is 1.87 bits per heavy atom. The van der Waals surface area contributed by atoms with Gasteiger partial charge in [-0.1, -0.05) is 41.4 Å². The molecule has 1 aliphatic heterocycles. The van der Waals surface area contributed by atoms with Crippen LogP contribution >= 0.6 is 35.4 Å². The summed E-state index contributed by atoms with van der Waals surface area (Å²) in [6, 6.07) is 11.0. The van der Waals surface area contributed by atoms with Gasteiger partial charge in [0.15, 0.2) is 11.2 Å². The van der Waals surface area contributed by atoms with Crippen LogP contribution in [0.15, 0.2) is 48.0 Å². The molecule has 0 aliphatic carbocycles. The first-order chi connectivity index (χ1) is 14.2. The van der Waals surface area contributed by atoms with Gasteiger partial charge in [0, 0.05) is 0 Å². The zero-order chi connectivity index (χ0) is 22.0. The fourth-order valence-corrected chi connectivity index (χ4v) is 3.26. The van der Waals surface area contributed by atoms with Crippen molar-refractivity contribution in [3.8, 4) is 5.75 Å². The Hall–Kier alpha value is -2.94. The summed E-state index contributed by atoms with van der Waals surface area (Å²) in [6.45, 7) is 1.40. The molecule has 10 heteroatoms. The van der Waals surface area contributed by atoms with Crippen LogP contribution in [0.3, 0.4) is 0 Å². The number of carboxylic acids is 1. The van der Waals surface area contributed by atoms with E-state index in [2.05, 4.69) is 5.32 Å². The van der Waals surface area contributed by atoms with Crippen LogP contribution in [-0.2, 0) is 14.4 Å². The highest BCUT2D eigenvalue weighted by Gasteiger charge is 2.35. The van der Waals surface area contributed by atoms with Gasteiger partial charge in [-0.15, -0.1) is 0 Å². The molecule has 2 amide bonds. The predicted octanol–water partition coefficient (Wildman–Crippen LogP) is 3.68. The summed E-state index contributed by atoms with van der Waals surface area (Å²) in [4.78, 5) is 37.4. The number of benzene rings is 2. The van der Waals surface area contributed by atoms with E-state index < -0.39 is 23.9 Å². The van der Waals surface area contributed by atoms with E-state index in [1.807, 2.05) is 0 Å². The van der Waals surface area contributed by atoms with Crippen LogP contribution in [0.25, 0.3) is 6.08 Å². The maximum absolute atomic E-state index is 13.0. The number of anilines is 1. The topological polar surface area (TPSA) is 95.9 Å². The molecule has 1 aliphatic rings. The fraction of sp³-hybridized carbons (Fsp3) is 0.100. The molecule has 0 saturated carbocycles. The molecule has 0 radical (unpaired) electrons. The van der Waals surface area contributed by atoms with Crippen molar-refractivity contribution < 1.29 is 24.2 Å². The number of ether oxygens (including phenoxy) is 1. The van der Waals surface area contributed by atoms with Gasteiger partial charge in [0.05, 0.1) is 15.7 Å². The lowest BCUT2D eigenvalue weighted by atomic mass is 10.1. The number of amides is 2. The van der Waals surface area contributed by atoms with Crippen LogP contribution in [0.2, 0.25) is 10.0 Å². The number of nitrogens with zero attached hydrogens (tertiary/aromatic N) is 1. The van der Waals surface area contributed by atoms with Gasteiger partial charge < -0.3 is 9.84 Å². The van der Waals surface area contributed by atoms with E-state index in [0.717, 1.165) is 4.90 Å². The summed E-state index contributed by atoms with van der Waals surface area (Å²) in [5.74, 6) is -2.08. The number of hydrogen-bond acceptors (Lipinski definition) is 5. The van der Waals surface area contributed by atoms with Gasteiger partial charge in [-0.3, -0.25) is 19.8 Å². The minimum absolute atomic E-state index is 0.113.